The highest BCUT2D eigenvalue weighted by Gasteiger charge is 2.35. The maximum atomic E-state index is 12.0. The first-order valence-electron chi connectivity index (χ1n) is 7.36. The number of nitrogens with one attached hydrogen (secondary N) is 1. The van der Waals surface area contributed by atoms with Gasteiger partial charge in [-0.2, -0.15) is 5.26 Å². The van der Waals surface area contributed by atoms with Gasteiger partial charge in [0.15, 0.2) is 6.54 Å². The Balaban J connectivity index is 1.85. The zero-order chi connectivity index (χ0) is 15.3. The van der Waals surface area contributed by atoms with E-state index >= 15 is 0 Å². The predicted molar refractivity (Wildman–Crippen MR) is 81.6 cm³/mol. The lowest BCUT2D eigenvalue weighted by Crippen LogP contribution is -2.87. The fraction of sp³-hybridized carbons (Fsp3) is 0.500. The van der Waals surface area contributed by atoms with Gasteiger partial charge in [-0.05, 0) is 44.7 Å². The van der Waals surface area contributed by atoms with Crippen molar-refractivity contribution in [3.63, 3.8) is 0 Å². The number of carbonyl (C=O) groups excluding carboxylic acids is 1. The zero-order valence-electron chi connectivity index (χ0n) is 12.2. The number of quaternary nitrogens is 1. The van der Waals surface area contributed by atoms with Gasteiger partial charge in [0, 0.05) is 10.6 Å². The smallest absolute Gasteiger partial charge is 0.276 e. The van der Waals surface area contributed by atoms with Crippen LogP contribution in [0, 0.1) is 11.3 Å². The van der Waals surface area contributed by atoms with E-state index in [1.54, 1.807) is 0 Å². The summed E-state index contributed by atoms with van der Waals surface area (Å²) >= 11 is 5.97. The van der Waals surface area contributed by atoms with Crippen LogP contribution in [0.15, 0.2) is 24.3 Å². The van der Waals surface area contributed by atoms with Crippen LogP contribution >= 0.6 is 11.6 Å². The molecule has 0 aliphatic heterocycles. The van der Waals surface area contributed by atoms with E-state index in [2.05, 4.69) is 11.4 Å². The Labute approximate surface area is 130 Å². The van der Waals surface area contributed by atoms with Gasteiger partial charge in [0.05, 0.1) is 6.07 Å². The van der Waals surface area contributed by atoms with E-state index in [1.807, 2.05) is 36.5 Å². The van der Waals surface area contributed by atoms with Gasteiger partial charge in [-0.3, -0.25) is 4.79 Å². The molecule has 4 nitrogen and oxygen atoms in total. The molecule has 1 aromatic rings. The average molecular weight is 307 g/mol. The summed E-state index contributed by atoms with van der Waals surface area (Å²) in [6.45, 7) is 2.35. The summed E-state index contributed by atoms with van der Waals surface area (Å²) in [5.41, 5.74) is 0.454. The highest BCUT2D eigenvalue weighted by molar-refractivity contribution is 6.30. The summed E-state index contributed by atoms with van der Waals surface area (Å²) in [4.78, 5) is 12.0. The van der Waals surface area contributed by atoms with Gasteiger partial charge < -0.3 is 10.6 Å². The van der Waals surface area contributed by atoms with E-state index in [-0.39, 0.29) is 11.9 Å². The maximum absolute atomic E-state index is 12.0. The summed E-state index contributed by atoms with van der Waals surface area (Å²) in [6, 6.07) is 10.1. The van der Waals surface area contributed by atoms with Crippen LogP contribution in [0.3, 0.4) is 0 Å². The summed E-state index contributed by atoms with van der Waals surface area (Å²) in [7, 11) is 0. The number of hydrogen-bond donors (Lipinski definition) is 2. The normalized spacial score (nSPS) is 18.0. The second kappa shape index (κ2) is 6.93. The third-order valence-electron chi connectivity index (χ3n) is 4.08. The Bertz CT molecular complexity index is 547. The minimum Gasteiger partial charge on any atom is -0.333 e. The molecule has 0 saturated heterocycles. The second-order valence-electron chi connectivity index (χ2n) is 5.73. The molecular formula is C16H21ClN3O+. The quantitative estimate of drug-likeness (QED) is 0.872. The molecule has 0 unspecified atom stereocenters. The molecule has 0 heterocycles. The van der Waals surface area contributed by atoms with Gasteiger partial charge in [-0.15, -0.1) is 0 Å². The Hall–Kier alpha value is -1.57. The number of carbonyl (C=O) groups is 1. The van der Waals surface area contributed by atoms with Crippen LogP contribution in [0.1, 0.15) is 44.2 Å². The van der Waals surface area contributed by atoms with Gasteiger partial charge in [-0.25, -0.2) is 0 Å². The van der Waals surface area contributed by atoms with E-state index in [4.69, 9.17) is 11.6 Å². The lowest BCUT2D eigenvalue weighted by molar-refractivity contribution is -0.682. The standard InChI is InChI=1S/C16H20ClN3O/c1-12(13-5-4-6-14(17)9-13)19-10-15(21)20-16(11-18)7-2-3-8-16/h4-6,9,12,19H,2-3,7-8,10H2,1H3,(H,20,21)/p+1/t12-/m1/s1. The number of nitrogens with two attached hydrogens (primary N) is 1. The third-order valence-corrected chi connectivity index (χ3v) is 4.32. The number of benzene rings is 1. The molecule has 5 heteroatoms. The fourth-order valence-electron chi connectivity index (χ4n) is 2.77. The molecule has 0 radical (unpaired) electrons. The molecular weight excluding hydrogens is 286 g/mol. The fourth-order valence-corrected chi connectivity index (χ4v) is 2.97. The first-order chi connectivity index (χ1) is 10.0. The number of hydrogen-bond acceptors (Lipinski definition) is 2. The van der Waals surface area contributed by atoms with Crippen LogP contribution < -0.4 is 10.6 Å². The molecule has 21 heavy (non-hydrogen) atoms. The monoisotopic (exact) mass is 306 g/mol. The van der Waals surface area contributed by atoms with E-state index in [9.17, 15) is 10.1 Å². The van der Waals surface area contributed by atoms with Gasteiger partial charge in [0.2, 0.25) is 0 Å². The summed E-state index contributed by atoms with van der Waals surface area (Å²) in [6.07, 6.45) is 3.55. The highest BCUT2D eigenvalue weighted by atomic mass is 35.5. The lowest BCUT2D eigenvalue weighted by Gasteiger charge is -2.21. The van der Waals surface area contributed by atoms with Crippen molar-refractivity contribution in [1.29, 1.82) is 5.26 Å². The van der Waals surface area contributed by atoms with E-state index < -0.39 is 5.54 Å². The number of halogens is 1. The number of amides is 1. The third kappa shape index (κ3) is 4.20. The number of rotatable bonds is 5. The van der Waals surface area contributed by atoms with Crippen LogP contribution in [-0.2, 0) is 4.79 Å². The molecule has 1 fully saturated rings. The molecule has 0 aromatic heterocycles. The van der Waals surface area contributed by atoms with Crippen molar-refractivity contribution in [2.75, 3.05) is 6.54 Å². The van der Waals surface area contributed by atoms with Crippen LogP contribution in [0.25, 0.3) is 0 Å². The first-order valence-corrected chi connectivity index (χ1v) is 7.73. The van der Waals surface area contributed by atoms with Crippen molar-refractivity contribution in [2.24, 2.45) is 0 Å². The summed E-state index contributed by atoms with van der Waals surface area (Å²) < 4.78 is 0. The van der Waals surface area contributed by atoms with E-state index in [0.29, 0.717) is 11.6 Å². The molecule has 1 amide bonds. The van der Waals surface area contributed by atoms with Crippen molar-refractivity contribution in [1.82, 2.24) is 5.32 Å². The van der Waals surface area contributed by atoms with E-state index in [0.717, 1.165) is 31.2 Å². The van der Waals surface area contributed by atoms with Crippen LogP contribution in [0.2, 0.25) is 5.02 Å². The highest BCUT2D eigenvalue weighted by Crippen LogP contribution is 2.28. The molecule has 1 atom stereocenters. The minimum atomic E-state index is -0.635. The summed E-state index contributed by atoms with van der Waals surface area (Å²) in [5.74, 6) is -0.0765. The number of nitriles is 1. The molecule has 1 saturated carbocycles. The molecule has 0 bridgehead atoms. The van der Waals surface area contributed by atoms with Crippen LogP contribution in [0.5, 0.6) is 0 Å². The SMILES string of the molecule is C[C@@H]([NH2+]CC(=O)NC1(C#N)CCCC1)c1cccc(Cl)c1. The van der Waals surface area contributed by atoms with Gasteiger partial charge in [0.25, 0.3) is 5.91 Å². The molecule has 0 spiro atoms. The Morgan fingerprint density at radius 2 is 2.24 bits per heavy atom. The van der Waals surface area contributed by atoms with Crippen molar-refractivity contribution in [3.8, 4) is 6.07 Å². The molecule has 1 aliphatic rings. The number of nitrogens with zero attached hydrogens (tertiary/aromatic N) is 1. The van der Waals surface area contributed by atoms with Gasteiger partial charge in [0.1, 0.15) is 11.6 Å². The van der Waals surface area contributed by atoms with Crippen molar-refractivity contribution in [3.05, 3.63) is 34.9 Å². The van der Waals surface area contributed by atoms with Gasteiger partial charge in [-0.1, -0.05) is 23.7 Å². The van der Waals surface area contributed by atoms with Crippen LogP contribution in [0.4, 0.5) is 0 Å². The van der Waals surface area contributed by atoms with Crippen molar-refractivity contribution >= 4 is 17.5 Å². The molecule has 2 rings (SSSR count). The summed E-state index contributed by atoms with van der Waals surface area (Å²) in [5, 5.41) is 14.8. The average Bonchev–Trinajstić information content (AvgIpc) is 2.94. The molecule has 1 aromatic carbocycles. The minimum absolute atomic E-state index is 0.0765. The predicted octanol–water partition coefficient (Wildman–Crippen LogP) is 1.92. The van der Waals surface area contributed by atoms with Crippen molar-refractivity contribution in [2.45, 2.75) is 44.2 Å². The lowest BCUT2D eigenvalue weighted by atomic mass is 10.00. The van der Waals surface area contributed by atoms with Gasteiger partial charge >= 0.3 is 0 Å². The van der Waals surface area contributed by atoms with Crippen molar-refractivity contribution < 1.29 is 10.1 Å². The first kappa shape index (κ1) is 15.8. The Morgan fingerprint density at radius 1 is 1.52 bits per heavy atom. The topological polar surface area (TPSA) is 69.5 Å². The van der Waals surface area contributed by atoms with E-state index in [1.165, 1.54) is 0 Å². The molecule has 3 N–H and O–H groups in total. The largest absolute Gasteiger partial charge is 0.333 e. The zero-order valence-corrected chi connectivity index (χ0v) is 13.0. The molecule has 112 valence electrons. The Morgan fingerprint density at radius 3 is 2.86 bits per heavy atom. The second-order valence-corrected chi connectivity index (χ2v) is 6.17. The Kier molecular flexibility index (Phi) is 5.22. The van der Waals surface area contributed by atoms with Crippen LogP contribution in [-0.4, -0.2) is 18.0 Å². The maximum Gasteiger partial charge on any atom is 0.276 e. The molecule has 1 aliphatic carbocycles.